The summed E-state index contributed by atoms with van der Waals surface area (Å²) >= 11 is 0. The summed E-state index contributed by atoms with van der Waals surface area (Å²) in [5.74, 6) is 1.15. The average molecular weight is 168 g/mol. The van der Waals surface area contributed by atoms with Crippen molar-refractivity contribution in [3.8, 4) is 0 Å². The number of piperazine rings is 1. The van der Waals surface area contributed by atoms with Crippen LogP contribution in [0, 0.1) is 5.92 Å². The Balaban J connectivity index is 1.84. The second-order valence-electron chi connectivity index (χ2n) is 4.02. The smallest absolute Gasteiger partial charge is 0.236 e. The first-order valence-corrected chi connectivity index (χ1v) is 4.72. The van der Waals surface area contributed by atoms with Crippen molar-refractivity contribution < 1.29 is 4.79 Å². The molecule has 2 rings (SSSR count). The van der Waals surface area contributed by atoms with Crippen molar-refractivity contribution in [2.75, 3.05) is 33.2 Å². The number of carbonyl (C=O) groups excluding carboxylic acids is 1. The van der Waals surface area contributed by atoms with E-state index in [9.17, 15) is 4.79 Å². The van der Waals surface area contributed by atoms with Crippen LogP contribution in [0.25, 0.3) is 0 Å². The Labute approximate surface area is 73.3 Å². The van der Waals surface area contributed by atoms with Gasteiger partial charge < -0.3 is 4.90 Å². The Morgan fingerprint density at radius 2 is 2.17 bits per heavy atom. The molecule has 0 atom stereocenters. The summed E-state index contributed by atoms with van der Waals surface area (Å²) in [4.78, 5) is 15.6. The molecule has 0 unspecified atom stereocenters. The molecule has 0 aromatic rings. The molecule has 0 aromatic carbocycles. The molecule has 12 heavy (non-hydrogen) atoms. The number of rotatable bonds is 2. The zero-order valence-corrected chi connectivity index (χ0v) is 7.62. The SMILES string of the molecule is CN1CCN(CC2CC2)C(=O)C1. The number of nitrogens with zero attached hydrogens (tertiary/aromatic N) is 2. The van der Waals surface area contributed by atoms with Gasteiger partial charge in [-0.1, -0.05) is 0 Å². The van der Waals surface area contributed by atoms with E-state index in [-0.39, 0.29) is 0 Å². The highest BCUT2D eigenvalue weighted by Crippen LogP contribution is 2.29. The maximum Gasteiger partial charge on any atom is 0.236 e. The van der Waals surface area contributed by atoms with E-state index in [2.05, 4.69) is 4.90 Å². The third-order valence-electron chi connectivity index (χ3n) is 2.69. The fourth-order valence-electron chi connectivity index (χ4n) is 1.63. The minimum Gasteiger partial charge on any atom is -0.340 e. The second kappa shape index (κ2) is 3.05. The van der Waals surface area contributed by atoms with E-state index in [1.165, 1.54) is 12.8 Å². The lowest BCUT2D eigenvalue weighted by atomic mass is 10.3. The van der Waals surface area contributed by atoms with Crippen LogP contribution in [0.15, 0.2) is 0 Å². The van der Waals surface area contributed by atoms with Gasteiger partial charge in [-0.15, -0.1) is 0 Å². The van der Waals surface area contributed by atoms with Crippen molar-refractivity contribution in [3.63, 3.8) is 0 Å². The summed E-state index contributed by atoms with van der Waals surface area (Å²) in [5, 5.41) is 0. The Hall–Kier alpha value is -0.570. The molecule has 1 amide bonds. The molecule has 2 aliphatic rings. The third-order valence-corrected chi connectivity index (χ3v) is 2.69. The van der Waals surface area contributed by atoms with Gasteiger partial charge in [0.15, 0.2) is 0 Å². The second-order valence-corrected chi connectivity index (χ2v) is 4.02. The van der Waals surface area contributed by atoms with Crippen LogP contribution in [0.5, 0.6) is 0 Å². The zero-order chi connectivity index (χ0) is 8.55. The first-order chi connectivity index (χ1) is 5.75. The molecular weight excluding hydrogens is 152 g/mol. The predicted octanol–water partition coefficient (Wildman–Crippen LogP) is 0.170. The Morgan fingerprint density at radius 3 is 2.75 bits per heavy atom. The van der Waals surface area contributed by atoms with E-state index in [1.54, 1.807) is 0 Å². The number of carbonyl (C=O) groups is 1. The molecule has 1 heterocycles. The van der Waals surface area contributed by atoms with E-state index in [0.717, 1.165) is 25.6 Å². The van der Waals surface area contributed by atoms with Gasteiger partial charge in [-0.05, 0) is 25.8 Å². The van der Waals surface area contributed by atoms with Crippen LogP contribution in [0.4, 0.5) is 0 Å². The minimum atomic E-state index is 0.315. The van der Waals surface area contributed by atoms with Crippen LogP contribution in [0.3, 0.4) is 0 Å². The summed E-state index contributed by atoms with van der Waals surface area (Å²) < 4.78 is 0. The van der Waals surface area contributed by atoms with Gasteiger partial charge in [0.25, 0.3) is 0 Å². The first kappa shape index (κ1) is 8.05. The van der Waals surface area contributed by atoms with E-state index in [4.69, 9.17) is 0 Å². The van der Waals surface area contributed by atoms with Crippen molar-refractivity contribution in [2.45, 2.75) is 12.8 Å². The van der Waals surface area contributed by atoms with Gasteiger partial charge in [-0.25, -0.2) is 0 Å². The van der Waals surface area contributed by atoms with E-state index < -0.39 is 0 Å². The molecule has 0 radical (unpaired) electrons. The normalized spacial score (nSPS) is 26.4. The van der Waals surface area contributed by atoms with E-state index in [0.29, 0.717) is 12.5 Å². The highest BCUT2D eigenvalue weighted by Gasteiger charge is 2.28. The van der Waals surface area contributed by atoms with E-state index >= 15 is 0 Å². The molecule has 3 heteroatoms. The predicted molar refractivity (Wildman–Crippen MR) is 46.8 cm³/mol. The fourth-order valence-corrected chi connectivity index (χ4v) is 1.63. The molecule has 0 spiro atoms. The van der Waals surface area contributed by atoms with Gasteiger partial charge in [0.1, 0.15) is 0 Å². The van der Waals surface area contributed by atoms with Gasteiger partial charge >= 0.3 is 0 Å². The number of hydrogen-bond acceptors (Lipinski definition) is 2. The van der Waals surface area contributed by atoms with Crippen molar-refractivity contribution in [3.05, 3.63) is 0 Å². The van der Waals surface area contributed by atoms with Crippen molar-refractivity contribution in [1.29, 1.82) is 0 Å². The van der Waals surface area contributed by atoms with Gasteiger partial charge in [0, 0.05) is 19.6 Å². The minimum absolute atomic E-state index is 0.315. The lowest BCUT2D eigenvalue weighted by Gasteiger charge is -2.32. The maximum atomic E-state index is 11.5. The molecule has 0 bridgehead atoms. The summed E-state index contributed by atoms with van der Waals surface area (Å²) in [6.45, 7) is 3.61. The molecule has 0 aromatic heterocycles. The fraction of sp³-hybridized carbons (Fsp3) is 0.889. The van der Waals surface area contributed by atoms with E-state index in [1.807, 2.05) is 11.9 Å². The van der Waals surface area contributed by atoms with Crippen molar-refractivity contribution in [2.24, 2.45) is 5.92 Å². The molecule has 1 aliphatic heterocycles. The van der Waals surface area contributed by atoms with Gasteiger partial charge in [-0.3, -0.25) is 9.69 Å². The molecule has 68 valence electrons. The topological polar surface area (TPSA) is 23.6 Å². The lowest BCUT2D eigenvalue weighted by molar-refractivity contribution is -0.135. The molecular formula is C9H16N2O. The summed E-state index contributed by atoms with van der Waals surface area (Å²) in [7, 11) is 2.01. The number of amides is 1. The molecule has 1 saturated carbocycles. The summed E-state index contributed by atoms with van der Waals surface area (Å²) in [5.41, 5.74) is 0. The zero-order valence-electron chi connectivity index (χ0n) is 7.62. The van der Waals surface area contributed by atoms with Crippen LogP contribution in [-0.2, 0) is 4.79 Å². The van der Waals surface area contributed by atoms with Crippen LogP contribution in [-0.4, -0.2) is 48.9 Å². The third kappa shape index (κ3) is 1.78. The van der Waals surface area contributed by atoms with Crippen molar-refractivity contribution >= 4 is 5.91 Å². The van der Waals surface area contributed by atoms with Gasteiger partial charge in [0.05, 0.1) is 6.54 Å². The van der Waals surface area contributed by atoms with Crippen molar-refractivity contribution in [1.82, 2.24) is 9.80 Å². The van der Waals surface area contributed by atoms with Crippen LogP contribution in [0.1, 0.15) is 12.8 Å². The first-order valence-electron chi connectivity index (χ1n) is 4.72. The van der Waals surface area contributed by atoms with Crippen LogP contribution in [0.2, 0.25) is 0 Å². The molecule has 1 aliphatic carbocycles. The van der Waals surface area contributed by atoms with Gasteiger partial charge in [0.2, 0.25) is 5.91 Å². The van der Waals surface area contributed by atoms with Crippen LogP contribution >= 0.6 is 0 Å². The quantitative estimate of drug-likeness (QED) is 0.587. The lowest BCUT2D eigenvalue weighted by Crippen LogP contribution is -2.49. The Bertz CT molecular complexity index is 189. The molecule has 1 saturated heterocycles. The number of hydrogen-bond donors (Lipinski definition) is 0. The highest BCUT2D eigenvalue weighted by atomic mass is 16.2. The average Bonchev–Trinajstić information content (AvgIpc) is 2.79. The monoisotopic (exact) mass is 168 g/mol. The standard InChI is InChI=1S/C9H16N2O/c1-10-4-5-11(9(12)7-10)6-8-2-3-8/h8H,2-7H2,1H3. The summed E-state index contributed by atoms with van der Waals surface area (Å²) in [6, 6.07) is 0. The molecule has 3 nitrogen and oxygen atoms in total. The largest absolute Gasteiger partial charge is 0.340 e. The molecule has 0 N–H and O–H groups in total. The van der Waals surface area contributed by atoms with Gasteiger partial charge in [-0.2, -0.15) is 0 Å². The highest BCUT2D eigenvalue weighted by molar-refractivity contribution is 5.79. The van der Waals surface area contributed by atoms with Crippen LogP contribution < -0.4 is 0 Å². The Morgan fingerprint density at radius 1 is 1.42 bits per heavy atom. The number of likely N-dealkylation sites (N-methyl/N-ethyl adjacent to an activating group) is 1. The Kier molecular flexibility index (Phi) is 2.05. The summed E-state index contributed by atoms with van der Waals surface area (Å²) in [6.07, 6.45) is 2.67. The maximum absolute atomic E-state index is 11.5. The molecule has 2 fully saturated rings.